The molecule has 36 heavy (non-hydrogen) atoms. The van der Waals surface area contributed by atoms with E-state index in [0.717, 1.165) is 45.4 Å². The van der Waals surface area contributed by atoms with Gasteiger partial charge in [0.05, 0.1) is 23.0 Å². The number of thiazole rings is 1. The van der Waals surface area contributed by atoms with E-state index < -0.39 is 0 Å². The fourth-order valence-corrected chi connectivity index (χ4v) is 5.59. The largest absolute Gasteiger partial charge is 0.337 e. The lowest BCUT2D eigenvalue weighted by molar-refractivity contribution is -0.118. The number of imidazole rings is 1. The third-order valence-electron chi connectivity index (χ3n) is 5.94. The summed E-state index contributed by atoms with van der Waals surface area (Å²) in [6.07, 6.45) is 6.61. The number of benzene rings is 3. The number of anilines is 1. The molecule has 0 bridgehead atoms. The maximum Gasteiger partial charge on any atom is 0.233 e. The molecule has 0 atom stereocenters. The summed E-state index contributed by atoms with van der Waals surface area (Å²) in [6, 6.07) is 22.3. The Balaban J connectivity index is 0.00000304. The highest BCUT2D eigenvalue weighted by molar-refractivity contribution is 7.22. The molecule has 8 heteroatoms. The molecule has 2 heterocycles. The van der Waals surface area contributed by atoms with Crippen molar-refractivity contribution in [2.75, 3.05) is 11.4 Å². The first kappa shape index (κ1) is 25.9. The van der Waals surface area contributed by atoms with Gasteiger partial charge in [-0.1, -0.05) is 77.5 Å². The van der Waals surface area contributed by atoms with Gasteiger partial charge in [0.25, 0.3) is 0 Å². The van der Waals surface area contributed by atoms with E-state index in [4.69, 9.17) is 16.6 Å². The zero-order valence-corrected chi connectivity index (χ0v) is 22.2. The van der Waals surface area contributed by atoms with Crippen LogP contribution in [0.2, 0.25) is 5.02 Å². The molecule has 0 aliphatic rings. The molecule has 0 unspecified atom stereocenters. The van der Waals surface area contributed by atoms with E-state index in [1.165, 1.54) is 11.3 Å². The van der Waals surface area contributed by atoms with Crippen LogP contribution in [0, 0.1) is 6.92 Å². The minimum absolute atomic E-state index is 0. The van der Waals surface area contributed by atoms with Crippen LogP contribution >= 0.6 is 35.3 Å². The van der Waals surface area contributed by atoms with Crippen LogP contribution in [0.3, 0.4) is 0 Å². The number of hydrogen-bond acceptors (Lipinski definition) is 4. The number of hydrogen-bond donors (Lipinski definition) is 0. The fourth-order valence-electron chi connectivity index (χ4n) is 4.13. The number of aromatic nitrogens is 3. The normalized spacial score (nSPS) is 10.8. The molecule has 0 fully saturated rings. The Labute approximate surface area is 225 Å². The summed E-state index contributed by atoms with van der Waals surface area (Å²) < 4.78 is 3.01. The molecule has 0 aliphatic heterocycles. The van der Waals surface area contributed by atoms with Crippen molar-refractivity contribution in [2.45, 2.75) is 26.3 Å². The minimum atomic E-state index is 0. The molecule has 3 aromatic carbocycles. The first-order chi connectivity index (χ1) is 17.1. The number of fused-ring (bicyclic) bond motifs is 1. The first-order valence-corrected chi connectivity index (χ1v) is 12.7. The second kappa shape index (κ2) is 11.7. The van der Waals surface area contributed by atoms with Crippen LogP contribution in [-0.4, -0.2) is 27.0 Å². The smallest absolute Gasteiger partial charge is 0.233 e. The van der Waals surface area contributed by atoms with Crippen LogP contribution in [0.15, 0.2) is 85.5 Å². The van der Waals surface area contributed by atoms with Gasteiger partial charge in [0.1, 0.15) is 0 Å². The summed E-state index contributed by atoms with van der Waals surface area (Å²) in [7, 11) is 0. The lowest BCUT2D eigenvalue weighted by Gasteiger charge is -2.20. The number of nitrogens with zero attached hydrogens (tertiary/aromatic N) is 4. The van der Waals surface area contributed by atoms with Crippen LogP contribution in [0.1, 0.15) is 17.5 Å². The molecule has 0 N–H and O–H groups in total. The van der Waals surface area contributed by atoms with Crippen molar-refractivity contribution < 1.29 is 4.79 Å². The van der Waals surface area contributed by atoms with E-state index in [2.05, 4.69) is 29.2 Å². The van der Waals surface area contributed by atoms with Gasteiger partial charge >= 0.3 is 0 Å². The highest BCUT2D eigenvalue weighted by Gasteiger charge is 2.21. The average molecular weight is 538 g/mol. The van der Waals surface area contributed by atoms with Crippen LogP contribution in [-0.2, 0) is 17.8 Å². The third kappa shape index (κ3) is 5.95. The summed E-state index contributed by atoms with van der Waals surface area (Å²) in [5.41, 5.74) is 5.19. The van der Waals surface area contributed by atoms with Crippen LogP contribution in [0.25, 0.3) is 21.3 Å². The van der Waals surface area contributed by atoms with E-state index in [-0.39, 0.29) is 18.3 Å². The Morgan fingerprint density at radius 3 is 2.53 bits per heavy atom. The molecule has 0 spiro atoms. The molecular formula is C28H26Cl2N4OS. The Morgan fingerprint density at radius 2 is 1.81 bits per heavy atom. The molecule has 0 radical (unpaired) electrons. The van der Waals surface area contributed by atoms with Gasteiger partial charge < -0.3 is 4.57 Å². The maximum atomic E-state index is 13.5. The van der Waals surface area contributed by atoms with Gasteiger partial charge in [-0.25, -0.2) is 9.97 Å². The number of amides is 1. The standard InChI is InChI=1S/C28H25ClN4OS.ClH/c1-20-16-24(29)18-25-27(20)31-28(35-25)33(14-5-13-32-15-12-30-19-32)26(34)17-21-8-10-23(11-9-21)22-6-3-2-4-7-22;/h2-4,6-12,15-16,18-19H,5,13-14,17H2,1H3;1H. The van der Waals surface area contributed by atoms with Gasteiger partial charge in [-0.2, -0.15) is 0 Å². The van der Waals surface area contributed by atoms with E-state index in [0.29, 0.717) is 23.1 Å². The Morgan fingerprint density at radius 1 is 1.06 bits per heavy atom. The zero-order chi connectivity index (χ0) is 24.2. The molecule has 184 valence electrons. The van der Waals surface area contributed by atoms with Crippen molar-refractivity contribution in [3.05, 3.63) is 102 Å². The highest BCUT2D eigenvalue weighted by Crippen LogP contribution is 2.33. The topological polar surface area (TPSA) is 51.0 Å². The summed E-state index contributed by atoms with van der Waals surface area (Å²) >= 11 is 7.78. The van der Waals surface area contributed by atoms with Crippen LogP contribution in [0.5, 0.6) is 0 Å². The Kier molecular flexibility index (Phi) is 8.41. The van der Waals surface area contributed by atoms with Gasteiger partial charge in [0.2, 0.25) is 5.91 Å². The van der Waals surface area contributed by atoms with Crippen molar-refractivity contribution in [3.63, 3.8) is 0 Å². The molecule has 5 nitrogen and oxygen atoms in total. The predicted molar refractivity (Wildman–Crippen MR) is 151 cm³/mol. The Hall–Kier alpha value is -3.19. The van der Waals surface area contributed by atoms with Gasteiger partial charge in [-0.15, -0.1) is 12.4 Å². The summed E-state index contributed by atoms with van der Waals surface area (Å²) in [6.45, 7) is 3.36. The highest BCUT2D eigenvalue weighted by atomic mass is 35.5. The van der Waals surface area contributed by atoms with Crippen molar-refractivity contribution >= 4 is 56.6 Å². The number of aryl methyl sites for hydroxylation is 2. The number of halogens is 2. The summed E-state index contributed by atoms with van der Waals surface area (Å²) in [5, 5.41) is 1.39. The lowest BCUT2D eigenvalue weighted by atomic mass is 10.0. The fraction of sp³-hybridized carbons (Fsp3) is 0.179. The molecule has 0 aliphatic carbocycles. The molecule has 5 aromatic rings. The minimum Gasteiger partial charge on any atom is -0.337 e. The second-order valence-corrected chi connectivity index (χ2v) is 9.95. The number of carbonyl (C=O) groups excluding carboxylic acids is 1. The zero-order valence-electron chi connectivity index (χ0n) is 19.8. The summed E-state index contributed by atoms with van der Waals surface area (Å²) in [4.78, 5) is 24.3. The van der Waals surface area contributed by atoms with Gasteiger partial charge in [-0.05, 0) is 47.7 Å². The predicted octanol–water partition coefficient (Wildman–Crippen LogP) is 7.21. The first-order valence-electron chi connectivity index (χ1n) is 11.5. The number of rotatable bonds is 8. The lowest BCUT2D eigenvalue weighted by Crippen LogP contribution is -2.33. The van der Waals surface area contributed by atoms with Crippen molar-refractivity contribution in [3.8, 4) is 11.1 Å². The monoisotopic (exact) mass is 536 g/mol. The van der Waals surface area contributed by atoms with Crippen molar-refractivity contribution in [1.82, 2.24) is 14.5 Å². The van der Waals surface area contributed by atoms with Crippen LogP contribution in [0.4, 0.5) is 5.13 Å². The SMILES string of the molecule is Cc1cc(Cl)cc2sc(N(CCCn3ccnc3)C(=O)Cc3ccc(-c4ccccc4)cc3)nc12.Cl. The number of carbonyl (C=O) groups is 1. The molecule has 0 saturated heterocycles. The Bertz CT molecular complexity index is 1430. The van der Waals surface area contributed by atoms with E-state index >= 15 is 0 Å². The van der Waals surface area contributed by atoms with Crippen molar-refractivity contribution in [1.29, 1.82) is 0 Å². The van der Waals surface area contributed by atoms with Gasteiger partial charge in [0.15, 0.2) is 5.13 Å². The van der Waals surface area contributed by atoms with E-state index in [1.54, 1.807) is 12.5 Å². The molecule has 1 amide bonds. The van der Waals surface area contributed by atoms with Gasteiger partial charge in [-0.3, -0.25) is 9.69 Å². The average Bonchev–Trinajstić information content (AvgIpc) is 3.53. The van der Waals surface area contributed by atoms with Crippen molar-refractivity contribution in [2.24, 2.45) is 0 Å². The van der Waals surface area contributed by atoms with Crippen LogP contribution < -0.4 is 4.90 Å². The molecule has 0 saturated carbocycles. The molecule has 5 rings (SSSR count). The molecular weight excluding hydrogens is 511 g/mol. The summed E-state index contributed by atoms with van der Waals surface area (Å²) in [5.74, 6) is 0.0332. The van der Waals surface area contributed by atoms with E-state index in [1.807, 2.05) is 65.1 Å². The van der Waals surface area contributed by atoms with E-state index in [9.17, 15) is 4.79 Å². The van der Waals surface area contributed by atoms with Gasteiger partial charge in [0, 0.05) is 30.5 Å². The maximum absolute atomic E-state index is 13.5. The third-order valence-corrected chi connectivity index (χ3v) is 7.19. The quantitative estimate of drug-likeness (QED) is 0.210. The molecule has 2 aromatic heterocycles. The second-order valence-electron chi connectivity index (χ2n) is 8.51.